The highest BCUT2D eigenvalue weighted by molar-refractivity contribution is 5.80. The fourth-order valence-corrected chi connectivity index (χ4v) is 5.59. The molecule has 3 aromatic carbocycles. The summed E-state index contributed by atoms with van der Waals surface area (Å²) < 4.78 is 47.1. The van der Waals surface area contributed by atoms with Gasteiger partial charge in [-0.25, -0.2) is 4.68 Å². The van der Waals surface area contributed by atoms with Crippen LogP contribution in [0.4, 0.5) is 18.9 Å². The number of hydrogen-bond donors (Lipinski definition) is 1. The van der Waals surface area contributed by atoms with Crippen molar-refractivity contribution in [2.45, 2.75) is 25.2 Å². The minimum atomic E-state index is -4.42. The van der Waals surface area contributed by atoms with E-state index in [-0.39, 0.29) is 5.56 Å². The molecule has 1 N–H and O–H groups in total. The van der Waals surface area contributed by atoms with Crippen molar-refractivity contribution in [1.82, 2.24) is 30.1 Å². The largest absolute Gasteiger partial charge is 0.497 e. The predicted octanol–water partition coefficient (Wildman–Crippen LogP) is 4.70. The first kappa shape index (κ1) is 28.4. The summed E-state index contributed by atoms with van der Waals surface area (Å²) in [6.07, 6.45) is -3.72. The summed E-state index contributed by atoms with van der Waals surface area (Å²) in [5.41, 5.74) is 1.82. The minimum absolute atomic E-state index is 0.274. The number of hydrogen-bond acceptors (Lipinski definition) is 7. The van der Waals surface area contributed by atoms with E-state index in [2.05, 4.69) is 25.4 Å². The quantitative estimate of drug-likeness (QED) is 0.281. The van der Waals surface area contributed by atoms with Crippen molar-refractivity contribution in [3.05, 3.63) is 112 Å². The number of methoxy groups -OCH3 is 1. The molecule has 1 saturated heterocycles. The average Bonchev–Trinajstić information content (AvgIpc) is 3.48. The first-order chi connectivity index (χ1) is 20.8. The number of tetrazole rings is 1. The number of halogens is 3. The van der Waals surface area contributed by atoms with Crippen LogP contribution in [0.2, 0.25) is 0 Å². The van der Waals surface area contributed by atoms with E-state index in [1.165, 1.54) is 12.1 Å². The van der Waals surface area contributed by atoms with Gasteiger partial charge in [0.25, 0.3) is 5.56 Å². The van der Waals surface area contributed by atoms with Crippen LogP contribution in [0.1, 0.15) is 28.6 Å². The molecule has 3 heterocycles. The highest BCUT2D eigenvalue weighted by Gasteiger charge is 2.34. The smallest absolute Gasteiger partial charge is 0.416 e. The maximum atomic E-state index is 13.6. The maximum absolute atomic E-state index is 13.6. The van der Waals surface area contributed by atoms with Gasteiger partial charge in [-0.05, 0) is 64.2 Å². The Morgan fingerprint density at radius 1 is 0.953 bits per heavy atom. The number of aromatic amines is 1. The highest BCUT2D eigenvalue weighted by Crippen LogP contribution is 2.33. The van der Waals surface area contributed by atoms with Crippen molar-refractivity contribution in [3.63, 3.8) is 0 Å². The molecule has 0 aliphatic carbocycles. The Kier molecular flexibility index (Phi) is 7.85. The number of H-pyrrole nitrogens is 1. The summed E-state index contributed by atoms with van der Waals surface area (Å²) in [5, 5.41) is 13.5. The molecule has 1 atom stereocenters. The summed E-state index contributed by atoms with van der Waals surface area (Å²) in [7, 11) is 1.57. The Hall–Kier alpha value is -4.71. The highest BCUT2D eigenvalue weighted by atomic mass is 19.4. The standard InChI is InChI=1S/C31H30F3N7O2/c1-43-25-11-10-22-18-26(30(42)35-27(22)20-25)28(29-36-37-38-41(29)13-12-21-6-3-2-4-7-21)40-16-14-39(15-17-40)24-9-5-8-23(19-24)31(32,33)34/h2-11,18-20,28H,12-17H2,1H3,(H,35,42). The van der Waals surface area contributed by atoms with Crippen LogP contribution in [0.5, 0.6) is 5.75 Å². The van der Waals surface area contributed by atoms with Gasteiger partial charge in [-0.2, -0.15) is 13.2 Å². The van der Waals surface area contributed by atoms with Crippen LogP contribution in [-0.4, -0.2) is 63.4 Å². The van der Waals surface area contributed by atoms with Crippen LogP contribution >= 0.6 is 0 Å². The van der Waals surface area contributed by atoms with E-state index in [1.807, 2.05) is 53.4 Å². The molecule has 12 heteroatoms. The molecular formula is C31H30F3N7O2. The Labute approximate surface area is 245 Å². The Balaban J connectivity index is 1.33. The molecular weight excluding hydrogens is 559 g/mol. The second-order valence-electron chi connectivity index (χ2n) is 10.5. The van der Waals surface area contributed by atoms with Crippen molar-refractivity contribution in [2.75, 3.05) is 38.2 Å². The zero-order chi connectivity index (χ0) is 30.0. The normalized spacial score (nSPS) is 15.1. The fraction of sp³-hybridized carbons (Fsp3) is 0.290. The van der Waals surface area contributed by atoms with E-state index in [4.69, 9.17) is 4.74 Å². The van der Waals surface area contributed by atoms with Gasteiger partial charge in [-0.1, -0.05) is 36.4 Å². The SMILES string of the molecule is COc1ccc2cc(C(c3nnnn3CCc3ccccc3)N3CCN(c4cccc(C(F)(F)F)c4)CC3)c(=O)[nH]c2c1. The van der Waals surface area contributed by atoms with Crippen LogP contribution < -0.4 is 15.2 Å². The number of alkyl halides is 3. The molecule has 0 radical (unpaired) electrons. The Morgan fingerprint density at radius 3 is 2.49 bits per heavy atom. The van der Waals surface area contributed by atoms with Crippen LogP contribution in [0, 0.1) is 0 Å². The monoisotopic (exact) mass is 589 g/mol. The zero-order valence-corrected chi connectivity index (χ0v) is 23.5. The van der Waals surface area contributed by atoms with E-state index in [1.54, 1.807) is 23.9 Å². The third-order valence-electron chi connectivity index (χ3n) is 7.85. The number of fused-ring (bicyclic) bond motifs is 1. The number of rotatable bonds is 8. The molecule has 6 rings (SSSR count). The summed E-state index contributed by atoms with van der Waals surface area (Å²) in [6.45, 7) is 2.40. The van der Waals surface area contributed by atoms with Gasteiger partial charge >= 0.3 is 6.18 Å². The van der Waals surface area contributed by atoms with Crippen LogP contribution in [0.25, 0.3) is 10.9 Å². The van der Waals surface area contributed by atoms with Gasteiger partial charge in [0, 0.05) is 50.0 Å². The van der Waals surface area contributed by atoms with Crippen molar-refractivity contribution >= 4 is 16.6 Å². The fourth-order valence-electron chi connectivity index (χ4n) is 5.59. The number of pyridine rings is 1. The maximum Gasteiger partial charge on any atom is 0.416 e. The van der Waals surface area contributed by atoms with Gasteiger partial charge in [-0.15, -0.1) is 5.10 Å². The average molecular weight is 590 g/mol. The second kappa shape index (κ2) is 11.9. The van der Waals surface area contributed by atoms with Gasteiger partial charge in [0.1, 0.15) is 11.8 Å². The summed E-state index contributed by atoms with van der Waals surface area (Å²) in [4.78, 5) is 20.6. The van der Waals surface area contributed by atoms with Crippen molar-refractivity contribution < 1.29 is 17.9 Å². The zero-order valence-electron chi connectivity index (χ0n) is 23.5. The molecule has 43 heavy (non-hydrogen) atoms. The molecule has 5 aromatic rings. The first-order valence-corrected chi connectivity index (χ1v) is 14.0. The lowest BCUT2D eigenvalue weighted by atomic mass is 10.0. The Morgan fingerprint density at radius 2 is 1.74 bits per heavy atom. The van der Waals surface area contributed by atoms with E-state index in [0.29, 0.717) is 67.5 Å². The van der Waals surface area contributed by atoms with E-state index in [0.717, 1.165) is 17.0 Å². The predicted molar refractivity (Wildman–Crippen MR) is 156 cm³/mol. The van der Waals surface area contributed by atoms with Crippen molar-refractivity contribution in [2.24, 2.45) is 0 Å². The van der Waals surface area contributed by atoms with E-state index >= 15 is 0 Å². The topological polar surface area (TPSA) is 92.2 Å². The molecule has 1 aliphatic heterocycles. The molecule has 222 valence electrons. The van der Waals surface area contributed by atoms with E-state index in [9.17, 15) is 18.0 Å². The Bertz CT molecular complexity index is 1760. The number of benzene rings is 3. The molecule has 9 nitrogen and oxygen atoms in total. The third-order valence-corrected chi connectivity index (χ3v) is 7.85. The van der Waals surface area contributed by atoms with Crippen LogP contribution in [-0.2, 0) is 19.1 Å². The number of piperazine rings is 1. The summed E-state index contributed by atoms with van der Waals surface area (Å²) >= 11 is 0. The number of nitrogens with one attached hydrogen (secondary N) is 1. The van der Waals surface area contributed by atoms with Crippen LogP contribution in [0.3, 0.4) is 0 Å². The van der Waals surface area contributed by atoms with Gasteiger partial charge < -0.3 is 14.6 Å². The molecule has 1 unspecified atom stereocenters. The van der Waals surface area contributed by atoms with Gasteiger partial charge in [0.2, 0.25) is 0 Å². The van der Waals surface area contributed by atoms with E-state index < -0.39 is 17.8 Å². The van der Waals surface area contributed by atoms with Crippen molar-refractivity contribution in [1.29, 1.82) is 0 Å². The first-order valence-electron chi connectivity index (χ1n) is 14.0. The molecule has 0 spiro atoms. The lowest BCUT2D eigenvalue weighted by Gasteiger charge is -2.39. The molecule has 0 saturated carbocycles. The number of aromatic nitrogens is 5. The minimum Gasteiger partial charge on any atom is -0.497 e. The van der Waals surface area contributed by atoms with Crippen LogP contribution in [0.15, 0.2) is 83.7 Å². The molecule has 1 fully saturated rings. The molecule has 0 bridgehead atoms. The number of nitrogens with zero attached hydrogens (tertiary/aromatic N) is 6. The lowest BCUT2D eigenvalue weighted by Crippen LogP contribution is -2.49. The summed E-state index contributed by atoms with van der Waals surface area (Å²) in [6, 6.07) is 22.1. The number of aryl methyl sites for hydroxylation is 2. The number of ether oxygens (including phenoxy) is 1. The second-order valence-corrected chi connectivity index (χ2v) is 10.5. The van der Waals surface area contributed by atoms with Gasteiger partial charge in [-0.3, -0.25) is 9.69 Å². The third kappa shape index (κ3) is 6.09. The molecule has 2 aromatic heterocycles. The molecule has 1 aliphatic rings. The summed E-state index contributed by atoms with van der Waals surface area (Å²) in [5.74, 6) is 1.16. The lowest BCUT2D eigenvalue weighted by molar-refractivity contribution is -0.137. The molecule has 0 amide bonds. The van der Waals surface area contributed by atoms with Gasteiger partial charge in [0.15, 0.2) is 5.82 Å². The number of anilines is 1. The van der Waals surface area contributed by atoms with Crippen molar-refractivity contribution in [3.8, 4) is 5.75 Å². The van der Waals surface area contributed by atoms with Gasteiger partial charge in [0.05, 0.1) is 18.2 Å².